The molecule has 0 bridgehead atoms. The first-order valence-electron chi connectivity index (χ1n) is 7.38. The van der Waals surface area contributed by atoms with Gasteiger partial charge in [-0.05, 0) is 42.7 Å². The van der Waals surface area contributed by atoms with E-state index in [-0.39, 0.29) is 11.7 Å². The molecule has 1 aromatic rings. The zero-order valence-corrected chi connectivity index (χ0v) is 12.4. The first-order chi connectivity index (χ1) is 9.52. The number of hydrogen-bond donors (Lipinski definition) is 0. The van der Waals surface area contributed by atoms with Gasteiger partial charge in [-0.2, -0.15) is 5.26 Å². The maximum Gasteiger partial charge on any atom is 0.144 e. The van der Waals surface area contributed by atoms with Crippen LogP contribution in [0.1, 0.15) is 45.6 Å². The zero-order valence-electron chi connectivity index (χ0n) is 12.4. The monoisotopic (exact) mass is 275 g/mol. The van der Waals surface area contributed by atoms with Crippen LogP contribution in [0.25, 0.3) is 0 Å². The molecule has 1 fully saturated rings. The van der Waals surface area contributed by atoms with Crippen LogP contribution >= 0.6 is 0 Å². The van der Waals surface area contributed by atoms with E-state index in [0.29, 0.717) is 23.5 Å². The maximum absolute atomic E-state index is 13.6. The Bertz CT molecular complexity index is 506. The average Bonchev–Trinajstić information content (AvgIpc) is 2.38. The predicted molar refractivity (Wildman–Crippen MR) is 76.9 cm³/mol. The molecule has 1 aromatic carbocycles. The third-order valence-electron chi connectivity index (χ3n) is 4.33. The Kier molecular flexibility index (Phi) is 4.65. The van der Waals surface area contributed by atoms with Gasteiger partial charge < -0.3 is 4.74 Å². The summed E-state index contributed by atoms with van der Waals surface area (Å²) in [5.41, 5.74) is 0.0215. The highest BCUT2D eigenvalue weighted by atomic mass is 19.1. The number of hydrogen-bond acceptors (Lipinski definition) is 2. The minimum atomic E-state index is -0.505. The van der Waals surface area contributed by atoms with Gasteiger partial charge in [0.1, 0.15) is 29.3 Å². The summed E-state index contributed by atoms with van der Waals surface area (Å²) in [5.74, 6) is 1.51. The fraction of sp³-hybridized carbons (Fsp3) is 0.588. The third-order valence-corrected chi connectivity index (χ3v) is 4.33. The number of halogens is 1. The van der Waals surface area contributed by atoms with E-state index in [4.69, 9.17) is 10.00 Å². The predicted octanol–water partition coefficient (Wildman–Crippen LogP) is 4.54. The summed E-state index contributed by atoms with van der Waals surface area (Å²) in [6, 6.07) is 6.50. The van der Waals surface area contributed by atoms with E-state index < -0.39 is 5.82 Å². The van der Waals surface area contributed by atoms with Crippen molar-refractivity contribution < 1.29 is 9.13 Å². The van der Waals surface area contributed by atoms with Crippen molar-refractivity contribution in [3.8, 4) is 11.8 Å². The van der Waals surface area contributed by atoms with Gasteiger partial charge in [0.2, 0.25) is 0 Å². The second kappa shape index (κ2) is 6.26. The van der Waals surface area contributed by atoms with Crippen LogP contribution in [0.5, 0.6) is 5.75 Å². The lowest BCUT2D eigenvalue weighted by atomic mass is 9.75. The molecule has 0 aromatic heterocycles. The highest BCUT2D eigenvalue weighted by molar-refractivity contribution is 5.43. The molecular weight excluding hydrogens is 253 g/mol. The minimum Gasteiger partial charge on any atom is -0.489 e. The van der Waals surface area contributed by atoms with Gasteiger partial charge in [0, 0.05) is 0 Å². The summed E-state index contributed by atoms with van der Waals surface area (Å²) in [7, 11) is 0. The van der Waals surface area contributed by atoms with Crippen LogP contribution in [0.15, 0.2) is 18.2 Å². The molecule has 1 saturated carbocycles. The molecule has 3 unspecified atom stereocenters. The van der Waals surface area contributed by atoms with Gasteiger partial charge in [0.25, 0.3) is 0 Å². The van der Waals surface area contributed by atoms with Crippen LogP contribution in [0.2, 0.25) is 0 Å². The van der Waals surface area contributed by atoms with Gasteiger partial charge in [0.15, 0.2) is 0 Å². The molecule has 3 heteroatoms. The molecule has 0 amide bonds. The quantitative estimate of drug-likeness (QED) is 0.811. The third kappa shape index (κ3) is 3.12. The van der Waals surface area contributed by atoms with E-state index in [0.717, 1.165) is 12.8 Å². The van der Waals surface area contributed by atoms with Gasteiger partial charge in [-0.15, -0.1) is 0 Å². The van der Waals surface area contributed by atoms with Crippen molar-refractivity contribution >= 4 is 0 Å². The van der Waals surface area contributed by atoms with Crippen molar-refractivity contribution in [3.63, 3.8) is 0 Å². The highest BCUT2D eigenvalue weighted by Gasteiger charge is 2.32. The van der Waals surface area contributed by atoms with Crippen molar-refractivity contribution in [2.45, 2.75) is 46.1 Å². The standard InChI is InChI=1S/C17H22FNO/c1-11(2)13-8-7-12(3)9-17(13)20-16-6-4-5-15(18)14(16)10-19/h4-6,11-13,17H,7-9H2,1-3H3. The van der Waals surface area contributed by atoms with E-state index in [2.05, 4.69) is 20.8 Å². The van der Waals surface area contributed by atoms with Gasteiger partial charge in [-0.3, -0.25) is 0 Å². The summed E-state index contributed by atoms with van der Waals surface area (Å²) in [4.78, 5) is 0. The van der Waals surface area contributed by atoms with Crippen LogP contribution in [-0.4, -0.2) is 6.10 Å². The topological polar surface area (TPSA) is 33.0 Å². The fourth-order valence-electron chi connectivity index (χ4n) is 3.12. The average molecular weight is 275 g/mol. The number of benzene rings is 1. The van der Waals surface area contributed by atoms with Gasteiger partial charge in [0.05, 0.1) is 0 Å². The molecule has 2 rings (SSSR count). The number of nitriles is 1. The van der Waals surface area contributed by atoms with Crippen molar-refractivity contribution in [2.24, 2.45) is 17.8 Å². The molecule has 0 heterocycles. The molecule has 0 N–H and O–H groups in total. The first-order valence-corrected chi connectivity index (χ1v) is 7.38. The second-order valence-electron chi connectivity index (χ2n) is 6.21. The summed E-state index contributed by atoms with van der Waals surface area (Å²) in [6.45, 7) is 6.63. The summed E-state index contributed by atoms with van der Waals surface area (Å²) in [6.07, 6.45) is 3.41. The lowest BCUT2D eigenvalue weighted by Gasteiger charge is -2.37. The normalized spacial score (nSPS) is 26.3. The Morgan fingerprint density at radius 2 is 2.10 bits per heavy atom. The summed E-state index contributed by atoms with van der Waals surface area (Å²) < 4.78 is 19.7. The van der Waals surface area contributed by atoms with Crippen LogP contribution in [0, 0.1) is 34.9 Å². The second-order valence-corrected chi connectivity index (χ2v) is 6.21. The van der Waals surface area contributed by atoms with Crippen LogP contribution in [0.3, 0.4) is 0 Å². The summed E-state index contributed by atoms with van der Waals surface area (Å²) in [5, 5.41) is 9.09. The Morgan fingerprint density at radius 3 is 2.75 bits per heavy atom. The molecule has 1 aliphatic rings. The molecule has 2 nitrogen and oxygen atoms in total. The lowest BCUT2D eigenvalue weighted by Crippen LogP contribution is -2.36. The van der Waals surface area contributed by atoms with Crippen molar-refractivity contribution in [3.05, 3.63) is 29.6 Å². The Balaban J connectivity index is 2.23. The SMILES string of the molecule is CC1CCC(C(C)C)C(Oc2cccc(F)c2C#N)C1. The van der Waals surface area contributed by atoms with Crippen molar-refractivity contribution in [2.75, 3.05) is 0 Å². The van der Waals surface area contributed by atoms with Crippen molar-refractivity contribution in [1.82, 2.24) is 0 Å². The van der Waals surface area contributed by atoms with E-state index >= 15 is 0 Å². The minimum absolute atomic E-state index is 0.0215. The van der Waals surface area contributed by atoms with Gasteiger partial charge >= 0.3 is 0 Å². The molecule has 1 aliphatic carbocycles. The Labute approximate surface area is 120 Å². The molecule has 0 saturated heterocycles. The van der Waals surface area contributed by atoms with Gasteiger partial charge in [-0.25, -0.2) is 4.39 Å². The smallest absolute Gasteiger partial charge is 0.144 e. The van der Waals surface area contributed by atoms with Crippen LogP contribution in [0.4, 0.5) is 4.39 Å². The number of rotatable bonds is 3. The van der Waals surface area contributed by atoms with E-state index in [1.54, 1.807) is 12.1 Å². The Hall–Kier alpha value is -1.56. The largest absolute Gasteiger partial charge is 0.489 e. The van der Waals surface area contributed by atoms with E-state index in [1.165, 1.54) is 12.5 Å². The molecule has 108 valence electrons. The zero-order chi connectivity index (χ0) is 14.7. The molecule has 0 spiro atoms. The van der Waals surface area contributed by atoms with Crippen molar-refractivity contribution in [1.29, 1.82) is 5.26 Å². The lowest BCUT2D eigenvalue weighted by molar-refractivity contribution is 0.0456. The summed E-state index contributed by atoms with van der Waals surface area (Å²) >= 11 is 0. The maximum atomic E-state index is 13.6. The fourth-order valence-corrected chi connectivity index (χ4v) is 3.12. The highest BCUT2D eigenvalue weighted by Crippen LogP contribution is 2.36. The number of ether oxygens (including phenoxy) is 1. The molecule has 0 radical (unpaired) electrons. The molecule has 3 atom stereocenters. The first kappa shape index (κ1) is 14.8. The van der Waals surface area contributed by atoms with Gasteiger partial charge in [-0.1, -0.05) is 33.3 Å². The van der Waals surface area contributed by atoms with Crippen LogP contribution < -0.4 is 4.74 Å². The molecular formula is C17H22FNO. The Morgan fingerprint density at radius 1 is 1.35 bits per heavy atom. The number of nitrogens with zero attached hydrogens (tertiary/aromatic N) is 1. The molecule has 20 heavy (non-hydrogen) atoms. The van der Waals surface area contributed by atoms with E-state index in [9.17, 15) is 4.39 Å². The van der Waals surface area contributed by atoms with E-state index in [1.807, 2.05) is 6.07 Å². The van der Waals surface area contributed by atoms with Crippen LogP contribution in [-0.2, 0) is 0 Å². The molecule has 0 aliphatic heterocycles.